The standard InChI is InChI=1S/C34H51N/c1-6-8-10-26-11-14-28-27(22-26)13-15-30-29(28)19-20-34(5)31(16-17-32(30)34)24(4)35-33-18-12-25(9-7-2)21-23(33)3/h12,18,21,24,26-32,35H,6,8,10-11,13-17,19-20,22H2,1-5H3/t24?,26?,27-,28+,29-,30-,31-,32+,34-/m1/s1. The number of anilines is 1. The quantitative estimate of drug-likeness (QED) is 0.406. The van der Waals surface area contributed by atoms with Crippen molar-refractivity contribution < 1.29 is 0 Å². The molecule has 0 heterocycles. The molecule has 0 radical (unpaired) electrons. The summed E-state index contributed by atoms with van der Waals surface area (Å²) < 4.78 is 0. The van der Waals surface area contributed by atoms with Crippen molar-refractivity contribution in [1.29, 1.82) is 0 Å². The van der Waals surface area contributed by atoms with E-state index in [9.17, 15) is 0 Å². The van der Waals surface area contributed by atoms with E-state index >= 15 is 0 Å². The molecular weight excluding hydrogens is 422 g/mol. The molecule has 192 valence electrons. The van der Waals surface area contributed by atoms with E-state index in [1.54, 1.807) is 25.7 Å². The van der Waals surface area contributed by atoms with Gasteiger partial charge in [0, 0.05) is 17.3 Å². The van der Waals surface area contributed by atoms with Crippen molar-refractivity contribution >= 4 is 5.69 Å². The highest BCUT2D eigenvalue weighted by Gasteiger charge is 2.57. The Morgan fingerprint density at radius 1 is 1.03 bits per heavy atom. The zero-order chi connectivity index (χ0) is 24.6. The number of rotatable bonds is 6. The second kappa shape index (κ2) is 10.5. The lowest BCUT2D eigenvalue weighted by atomic mass is 9.49. The maximum atomic E-state index is 3.97. The smallest absolute Gasteiger partial charge is 0.0372 e. The van der Waals surface area contributed by atoms with Crippen molar-refractivity contribution in [2.24, 2.45) is 46.8 Å². The third kappa shape index (κ3) is 4.81. The van der Waals surface area contributed by atoms with E-state index in [0.717, 1.165) is 47.0 Å². The van der Waals surface area contributed by atoms with E-state index in [4.69, 9.17) is 0 Å². The van der Waals surface area contributed by atoms with Crippen molar-refractivity contribution in [2.75, 3.05) is 5.32 Å². The fourth-order valence-electron chi connectivity index (χ4n) is 9.96. The minimum Gasteiger partial charge on any atom is -0.382 e. The lowest BCUT2D eigenvalue weighted by molar-refractivity contribution is -0.0697. The SMILES string of the molecule is CC#Cc1ccc(NC(C)[C@H]2CC[C@H]3[C@@H]4CC[C@@H]5CC(CCCC)CC[C@@H]5[C@H]4CC[C@]23C)c(C)c1. The second-order valence-electron chi connectivity index (χ2n) is 13.3. The molecular formula is C34H51N. The van der Waals surface area contributed by atoms with Crippen LogP contribution in [0.3, 0.4) is 0 Å². The molecule has 4 aliphatic carbocycles. The van der Waals surface area contributed by atoms with Crippen molar-refractivity contribution in [3.63, 3.8) is 0 Å². The van der Waals surface area contributed by atoms with Gasteiger partial charge in [0.15, 0.2) is 0 Å². The van der Waals surface area contributed by atoms with Crippen LogP contribution in [0, 0.1) is 65.6 Å². The number of hydrogen-bond donors (Lipinski definition) is 1. The molecule has 35 heavy (non-hydrogen) atoms. The number of unbranched alkanes of at least 4 members (excludes halogenated alkanes) is 1. The molecule has 0 saturated heterocycles. The van der Waals surface area contributed by atoms with Gasteiger partial charge < -0.3 is 5.32 Å². The number of aryl methyl sites for hydroxylation is 1. The van der Waals surface area contributed by atoms with Crippen LogP contribution in [-0.2, 0) is 0 Å². The molecule has 1 nitrogen and oxygen atoms in total. The van der Waals surface area contributed by atoms with E-state index in [1.807, 2.05) is 6.92 Å². The average Bonchev–Trinajstić information content (AvgIpc) is 3.21. The molecule has 1 N–H and O–H groups in total. The summed E-state index contributed by atoms with van der Waals surface area (Å²) in [6, 6.07) is 7.22. The van der Waals surface area contributed by atoms with Crippen molar-refractivity contribution in [3.8, 4) is 11.8 Å². The molecule has 4 aliphatic rings. The zero-order valence-corrected chi connectivity index (χ0v) is 23.3. The van der Waals surface area contributed by atoms with Crippen molar-refractivity contribution in [3.05, 3.63) is 29.3 Å². The minimum absolute atomic E-state index is 0.528. The fourth-order valence-corrected chi connectivity index (χ4v) is 9.96. The summed E-state index contributed by atoms with van der Waals surface area (Å²) in [5.74, 6) is 13.3. The summed E-state index contributed by atoms with van der Waals surface area (Å²) in [6.45, 7) is 11.7. The predicted molar refractivity (Wildman–Crippen MR) is 150 cm³/mol. The van der Waals surface area contributed by atoms with Gasteiger partial charge in [-0.15, -0.1) is 5.92 Å². The summed E-state index contributed by atoms with van der Waals surface area (Å²) in [7, 11) is 0. The Bertz CT molecular complexity index is 936. The summed E-state index contributed by atoms with van der Waals surface area (Å²) in [6.07, 6.45) is 18.0. The molecule has 0 aliphatic heterocycles. The van der Waals surface area contributed by atoms with Crippen LogP contribution in [0.2, 0.25) is 0 Å². The Kier molecular flexibility index (Phi) is 7.58. The van der Waals surface area contributed by atoms with Gasteiger partial charge in [-0.1, -0.05) is 45.5 Å². The molecule has 2 unspecified atom stereocenters. The largest absolute Gasteiger partial charge is 0.382 e. The number of hydrogen-bond acceptors (Lipinski definition) is 1. The Morgan fingerprint density at radius 2 is 1.86 bits per heavy atom. The highest BCUT2D eigenvalue weighted by molar-refractivity contribution is 5.55. The third-order valence-corrected chi connectivity index (χ3v) is 11.6. The molecule has 1 heteroatoms. The highest BCUT2D eigenvalue weighted by atomic mass is 14.9. The maximum absolute atomic E-state index is 3.97. The van der Waals surface area contributed by atoms with Crippen molar-refractivity contribution in [2.45, 2.75) is 118 Å². The van der Waals surface area contributed by atoms with Gasteiger partial charge >= 0.3 is 0 Å². The molecule has 5 rings (SSSR count). The predicted octanol–water partition coefficient (Wildman–Crippen LogP) is 9.24. The monoisotopic (exact) mass is 473 g/mol. The van der Waals surface area contributed by atoms with Crippen molar-refractivity contribution in [1.82, 2.24) is 0 Å². The third-order valence-electron chi connectivity index (χ3n) is 11.6. The van der Waals surface area contributed by atoms with Gasteiger partial charge in [-0.2, -0.15) is 0 Å². The van der Waals surface area contributed by atoms with Crippen LogP contribution >= 0.6 is 0 Å². The molecule has 1 aromatic rings. The summed E-state index contributed by atoms with van der Waals surface area (Å²) in [4.78, 5) is 0. The minimum atomic E-state index is 0.528. The van der Waals surface area contributed by atoms with E-state index in [0.29, 0.717) is 11.5 Å². The molecule has 1 aromatic carbocycles. The van der Waals surface area contributed by atoms with Gasteiger partial charge in [0.2, 0.25) is 0 Å². The molecule has 9 atom stereocenters. The Morgan fingerprint density at radius 3 is 2.63 bits per heavy atom. The van der Waals surface area contributed by atoms with Gasteiger partial charge in [-0.25, -0.2) is 0 Å². The van der Waals surface area contributed by atoms with Crippen LogP contribution in [0.25, 0.3) is 0 Å². The summed E-state index contributed by atoms with van der Waals surface area (Å²) >= 11 is 0. The van der Waals surface area contributed by atoms with Gasteiger partial charge in [0.25, 0.3) is 0 Å². The van der Waals surface area contributed by atoms with Crippen LogP contribution < -0.4 is 5.32 Å². The Balaban J connectivity index is 1.25. The fraction of sp³-hybridized carbons (Fsp3) is 0.765. The Hall–Kier alpha value is -1.42. The van der Waals surface area contributed by atoms with Gasteiger partial charge in [-0.05, 0) is 143 Å². The first-order chi connectivity index (χ1) is 16.9. The topological polar surface area (TPSA) is 12.0 Å². The first kappa shape index (κ1) is 25.2. The summed E-state index contributed by atoms with van der Waals surface area (Å²) in [5, 5.41) is 3.97. The zero-order valence-electron chi connectivity index (χ0n) is 23.3. The van der Waals surface area contributed by atoms with Crippen LogP contribution in [0.1, 0.15) is 116 Å². The second-order valence-corrected chi connectivity index (χ2v) is 13.3. The first-order valence-electron chi connectivity index (χ1n) is 15.2. The lowest BCUT2D eigenvalue weighted by Gasteiger charge is -2.57. The van der Waals surface area contributed by atoms with Gasteiger partial charge in [0.05, 0.1) is 0 Å². The van der Waals surface area contributed by atoms with Crippen LogP contribution in [0.4, 0.5) is 5.69 Å². The normalized spacial score (nSPS) is 38.9. The highest BCUT2D eigenvalue weighted by Crippen LogP contribution is 2.65. The number of benzene rings is 1. The first-order valence-corrected chi connectivity index (χ1v) is 15.2. The summed E-state index contributed by atoms with van der Waals surface area (Å²) in [5.41, 5.74) is 4.29. The van der Waals surface area contributed by atoms with E-state index < -0.39 is 0 Å². The molecule has 4 fully saturated rings. The molecule has 4 saturated carbocycles. The van der Waals surface area contributed by atoms with E-state index in [1.165, 1.54) is 62.6 Å². The average molecular weight is 474 g/mol. The number of nitrogens with one attached hydrogen (secondary N) is 1. The van der Waals surface area contributed by atoms with Crippen LogP contribution in [0.15, 0.2) is 18.2 Å². The number of fused-ring (bicyclic) bond motifs is 5. The van der Waals surface area contributed by atoms with Crippen LogP contribution in [-0.4, -0.2) is 6.04 Å². The maximum Gasteiger partial charge on any atom is 0.0372 e. The molecule has 0 spiro atoms. The van der Waals surface area contributed by atoms with Gasteiger partial charge in [-0.3, -0.25) is 0 Å². The lowest BCUT2D eigenvalue weighted by Crippen LogP contribution is -2.50. The van der Waals surface area contributed by atoms with E-state index in [-0.39, 0.29) is 0 Å². The molecule has 0 bridgehead atoms. The Labute approximate surface area is 216 Å². The molecule has 0 aromatic heterocycles. The van der Waals surface area contributed by atoms with E-state index in [2.05, 4.69) is 63.1 Å². The van der Waals surface area contributed by atoms with Crippen LogP contribution in [0.5, 0.6) is 0 Å². The van der Waals surface area contributed by atoms with Gasteiger partial charge in [0.1, 0.15) is 0 Å². The molecule has 0 amide bonds.